The number of likely N-dealkylation sites (N-methyl/N-ethyl adjacent to an activating group) is 1. The third-order valence-corrected chi connectivity index (χ3v) is 9.76. The second kappa shape index (κ2) is 10.7. The van der Waals surface area contributed by atoms with Crippen LogP contribution in [-0.4, -0.2) is 77.1 Å². The second-order valence-corrected chi connectivity index (χ2v) is 12.6. The summed E-state index contributed by atoms with van der Waals surface area (Å²) in [4.78, 5) is 11.9. The average Bonchev–Trinajstić information content (AvgIpc) is 2.86. The number of carbonyl (C=O) groups is 1. The number of benzene rings is 1. The molecule has 3 aliphatic carbocycles. The molecular formula is C27H39N5O6S. The van der Waals surface area contributed by atoms with E-state index in [1.54, 1.807) is 18.2 Å². The molecule has 1 saturated carbocycles. The first-order valence-electron chi connectivity index (χ1n) is 13.3. The Kier molecular flexibility index (Phi) is 7.99. The first kappa shape index (κ1) is 29.2. The van der Waals surface area contributed by atoms with Crippen molar-refractivity contribution in [2.45, 2.75) is 74.5 Å². The van der Waals surface area contributed by atoms with Crippen molar-refractivity contribution in [1.82, 2.24) is 4.72 Å². The largest absolute Gasteiger partial charge is 0.735 e. The number of hydrazone groups is 1. The molecule has 0 radical (unpaired) electrons. The van der Waals surface area contributed by atoms with Crippen LogP contribution in [0.25, 0.3) is 0 Å². The van der Waals surface area contributed by atoms with Crippen LogP contribution in [0, 0.1) is 0 Å². The van der Waals surface area contributed by atoms with Crippen molar-refractivity contribution < 1.29 is 32.5 Å². The van der Waals surface area contributed by atoms with Crippen molar-refractivity contribution in [2.75, 3.05) is 20.1 Å². The lowest BCUT2D eigenvalue weighted by molar-refractivity contribution is -0.942. The Labute approximate surface area is 229 Å². The minimum absolute atomic E-state index is 0.0728. The van der Waals surface area contributed by atoms with Gasteiger partial charge in [0.1, 0.15) is 17.4 Å². The summed E-state index contributed by atoms with van der Waals surface area (Å²) in [6, 6.07) is 3.19. The summed E-state index contributed by atoms with van der Waals surface area (Å²) in [7, 11) is -2.09. The van der Waals surface area contributed by atoms with Crippen LogP contribution in [0.2, 0.25) is 0 Å². The van der Waals surface area contributed by atoms with Crippen LogP contribution in [-0.2, 0) is 22.1 Å². The summed E-state index contributed by atoms with van der Waals surface area (Å²) < 4.78 is 33.4. The molecule has 1 heterocycles. The molecule has 5 rings (SSSR count). The smallest absolute Gasteiger partial charge is 0.252 e. The molecule has 4 aliphatic rings. The molecule has 1 aromatic carbocycles. The number of nitrogens with one attached hydrogen (secondary N) is 1. The highest BCUT2D eigenvalue weighted by Gasteiger charge is 2.68. The topological polar surface area (TPSA) is 191 Å². The number of phenols is 1. The zero-order valence-corrected chi connectivity index (χ0v) is 23.1. The van der Waals surface area contributed by atoms with E-state index >= 15 is 0 Å². The number of quaternary nitrogens is 1. The van der Waals surface area contributed by atoms with Crippen molar-refractivity contribution in [3.63, 3.8) is 0 Å². The molecule has 39 heavy (non-hydrogen) atoms. The Bertz CT molecular complexity index is 1310. The molecule has 2 fully saturated rings. The van der Waals surface area contributed by atoms with E-state index in [9.17, 15) is 28.0 Å². The number of allylic oxidation sites excluding steroid dienone is 1. The maximum atomic E-state index is 12.1. The van der Waals surface area contributed by atoms with Gasteiger partial charge in [0, 0.05) is 36.3 Å². The quantitative estimate of drug-likeness (QED) is 0.117. The number of primary amides is 1. The second-order valence-electron chi connectivity index (χ2n) is 11.4. The van der Waals surface area contributed by atoms with E-state index in [1.807, 2.05) is 12.1 Å². The van der Waals surface area contributed by atoms with Gasteiger partial charge in [-0.1, -0.05) is 31.9 Å². The summed E-state index contributed by atoms with van der Waals surface area (Å²) >= 11 is 0. The fourth-order valence-electron chi connectivity index (χ4n) is 7.25. The SMILES string of the molecule is C=CC[N+]1(C)CC[C@]23C/C(=N\N)C=C[C@@]2(O)[C@H]1Cc1ccc(C(N)=O)c(O)c13.O=S(=O)([O-])NC1CCCCC1. The number of nitrogens with zero attached hydrogens (tertiary/aromatic N) is 2. The van der Waals surface area contributed by atoms with Crippen molar-refractivity contribution in [3.05, 3.63) is 53.6 Å². The lowest BCUT2D eigenvalue weighted by Crippen LogP contribution is -2.77. The predicted molar refractivity (Wildman–Crippen MR) is 147 cm³/mol. The van der Waals surface area contributed by atoms with Gasteiger partial charge in [-0.3, -0.25) is 4.79 Å². The number of nitrogens with two attached hydrogens (primary N) is 2. The maximum absolute atomic E-state index is 12.1. The van der Waals surface area contributed by atoms with Crippen LogP contribution in [0.3, 0.4) is 0 Å². The van der Waals surface area contributed by atoms with Gasteiger partial charge in [0.2, 0.25) is 0 Å². The summed E-state index contributed by atoms with van der Waals surface area (Å²) in [5.74, 6) is 4.75. The standard InChI is InChI=1S/C21H26N4O3.C6H13NO3S/c1-3-9-25(2)10-8-20-12-14(24-23)6-7-21(20,28)16(25)11-13-4-5-15(19(22)27)18(26)17(13)20;8-11(9,10)7-6-4-2-1-3-5-6/h3-7,16,28H,1,8-12,23H2,2H3,(H2-,22,26,27);6-7H,1-5H2,(H,8,9,10)/b24-14-;/t16-,20-,21-,25?;/m1./s1. The monoisotopic (exact) mass is 561 g/mol. The van der Waals surface area contributed by atoms with Gasteiger partial charge in [-0.15, -0.1) is 0 Å². The van der Waals surface area contributed by atoms with Gasteiger partial charge < -0.3 is 30.8 Å². The minimum atomic E-state index is -4.22. The van der Waals surface area contributed by atoms with Gasteiger partial charge >= 0.3 is 0 Å². The van der Waals surface area contributed by atoms with Gasteiger partial charge in [-0.25, -0.2) is 13.1 Å². The number of carbonyl (C=O) groups excluding carboxylic acids is 1. The maximum Gasteiger partial charge on any atom is 0.252 e. The van der Waals surface area contributed by atoms with Crippen LogP contribution in [0.1, 0.15) is 66.4 Å². The summed E-state index contributed by atoms with van der Waals surface area (Å²) in [6.07, 6.45) is 11.8. The van der Waals surface area contributed by atoms with Crippen LogP contribution >= 0.6 is 0 Å². The van der Waals surface area contributed by atoms with E-state index in [2.05, 4.69) is 23.5 Å². The van der Waals surface area contributed by atoms with E-state index in [-0.39, 0.29) is 23.4 Å². The minimum Gasteiger partial charge on any atom is -0.735 e. The molecule has 1 aromatic rings. The highest BCUT2D eigenvalue weighted by molar-refractivity contribution is 7.83. The van der Waals surface area contributed by atoms with Crippen molar-refractivity contribution in [2.24, 2.45) is 16.7 Å². The number of piperidine rings is 1. The van der Waals surface area contributed by atoms with E-state index in [4.69, 9.17) is 11.6 Å². The molecular weight excluding hydrogens is 522 g/mol. The van der Waals surface area contributed by atoms with Gasteiger partial charge in [-0.05, 0) is 42.7 Å². The van der Waals surface area contributed by atoms with Gasteiger partial charge in [0.15, 0.2) is 10.3 Å². The predicted octanol–water partition coefficient (Wildman–Crippen LogP) is 1.06. The Balaban J connectivity index is 0.000000270. The van der Waals surface area contributed by atoms with Crippen molar-refractivity contribution in [3.8, 4) is 5.75 Å². The third kappa shape index (κ3) is 5.23. The molecule has 7 N–H and O–H groups in total. The molecule has 0 aromatic heterocycles. The number of likely N-dealkylation sites (tertiary alicyclic amines) is 1. The first-order chi connectivity index (χ1) is 18.3. The molecule has 12 heteroatoms. The van der Waals surface area contributed by atoms with E-state index in [0.717, 1.165) is 50.8 Å². The van der Waals surface area contributed by atoms with Crippen LogP contribution < -0.4 is 16.3 Å². The summed E-state index contributed by atoms with van der Waals surface area (Å²) in [5.41, 5.74) is 5.72. The van der Waals surface area contributed by atoms with Crippen LogP contribution in [0.15, 0.2) is 42.0 Å². The Hall–Kier alpha value is -2.77. The molecule has 0 spiro atoms. The Morgan fingerprint density at radius 1 is 1.33 bits per heavy atom. The molecule has 1 aliphatic heterocycles. The Morgan fingerprint density at radius 3 is 2.62 bits per heavy atom. The zero-order valence-electron chi connectivity index (χ0n) is 22.3. The number of aliphatic hydroxyl groups is 1. The van der Waals surface area contributed by atoms with Crippen molar-refractivity contribution >= 4 is 21.9 Å². The van der Waals surface area contributed by atoms with Crippen molar-refractivity contribution in [1.29, 1.82) is 0 Å². The molecule has 1 unspecified atom stereocenters. The highest BCUT2D eigenvalue weighted by atomic mass is 32.2. The van der Waals surface area contributed by atoms with Gasteiger partial charge in [0.05, 0.1) is 31.4 Å². The molecule has 4 atom stereocenters. The molecule has 1 amide bonds. The Morgan fingerprint density at radius 2 is 2.03 bits per heavy atom. The summed E-state index contributed by atoms with van der Waals surface area (Å²) in [6.45, 7) is 5.43. The number of fused-ring (bicyclic) bond motifs is 1. The number of amides is 1. The lowest BCUT2D eigenvalue weighted by atomic mass is 9.50. The molecule has 214 valence electrons. The molecule has 2 bridgehead atoms. The zero-order chi connectivity index (χ0) is 28.6. The van der Waals surface area contributed by atoms with E-state index in [1.165, 1.54) is 0 Å². The first-order valence-corrected chi connectivity index (χ1v) is 14.7. The number of hydrogen-bond acceptors (Lipinski definition) is 8. The molecule has 1 saturated heterocycles. The lowest BCUT2D eigenvalue weighted by Gasteiger charge is -2.63. The number of rotatable bonds is 5. The van der Waals surface area contributed by atoms with Gasteiger partial charge in [0.25, 0.3) is 5.91 Å². The third-order valence-electron chi connectivity index (χ3n) is 9.14. The normalized spacial score (nSPS) is 32.9. The summed E-state index contributed by atoms with van der Waals surface area (Å²) in [5, 5.41) is 27.0. The van der Waals surface area contributed by atoms with Crippen LogP contribution in [0.4, 0.5) is 0 Å². The number of aromatic hydroxyl groups is 1. The highest BCUT2D eigenvalue weighted by Crippen LogP contribution is 2.59. The fourth-order valence-corrected chi connectivity index (χ4v) is 7.89. The number of hydrogen-bond donors (Lipinski definition) is 5. The van der Waals surface area contributed by atoms with E-state index < -0.39 is 27.2 Å². The average molecular weight is 562 g/mol. The molecule has 11 nitrogen and oxygen atoms in total. The van der Waals surface area contributed by atoms with Gasteiger partial charge in [-0.2, -0.15) is 5.10 Å². The van der Waals surface area contributed by atoms with Crippen LogP contribution in [0.5, 0.6) is 5.75 Å². The van der Waals surface area contributed by atoms with E-state index in [0.29, 0.717) is 35.0 Å². The fraction of sp³-hybridized carbons (Fsp3) is 0.556.